The van der Waals surface area contributed by atoms with Gasteiger partial charge in [-0.2, -0.15) is 0 Å². The monoisotopic (exact) mass is 431 g/mol. The van der Waals surface area contributed by atoms with E-state index in [9.17, 15) is 4.79 Å². The van der Waals surface area contributed by atoms with Crippen LogP contribution in [0.4, 0.5) is 0 Å². The lowest BCUT2D eigenvalue weighted by molar-refractivity contribution is 0.101. The fourth-order valence-electron chi connectivity index (χ4n) is 4.94. The molecule has 0 amide bonds. The molecule has 1 aliphatic heterocycles. The van der Waals surface area contributed by atoms with Crippen LogP contribution in [-0.4, -0.2) is 39.9 Å². The molecule has 0 atom stereocenters. The van der Waals surface area contributed by atoms with E-state index in [1.54, 1.807) is 6.92 Å². The van der Waals surface area contributed by atoms with Gasteiger partial charge >= 0.3 is 0 Å². The molecule has 0 N–H and O–H groups in total. The molecular formula is C26H29N3OS. The smallest absolute Gasteiger partial charge is 0.161 e. The second kappa shape index (κ2) is 8.56. The van der Waals surface area contributed by atoms with Crippen molar-refractivity contribution in [2.45, 2.75) is 45.6 Å². The van der Waals surface area contributed by atoms with Crippen LogP contribution in [-0.2, 0) is 6.54 Å². The molecule has 4 aromatic rings. The second-order valence-corrected chi connectivity index (χ2v) is 9.81. The first-order valence-corrected chi connectivity index (χ1v) is 12.1. The van der Waals surface area contributed by atoms with Crippen LogP contribution in [0.25, 0.3) is 21.1 Å². The topological polar surface area (TPSA) is 38.1 Å². The van der Waals surface area contributed by atoms with Gasteiger partial charge in [0.2, 0.25) is 0 Å². The lowest BCUT2D eigenvalue weighted by atomic mass is 9.97. The van der Waals surface area contributed by atoms with Crippen LogP contribution in [0.2, 0.25) is 0 Å². The summed E-state index contributed by atoms with van der Waals surface area (Å²) in [5.41, 5.74) is 4.43. The lowest BCUT2D eigenvalue weighted by Crippen LogP contribution is -2.34. The molecule has 0 aliphatic carbocycles. The van der Waals surface area contributed by atoms with Gasteiger partial charge in [-0.1, -0.05) is 30.3 Å². The number of hydrogen-bond donors (Lipinski definition) is 0. The van der Waals surface area contributed by atoms with Gasteiger partial charge in [0, 0.05) is 29.6 Å². The normalized spacial score (nSPS) is 15.8. The average molecular weight is 432 g/mol. The van der Waals surface area contributed by atoms with Gasteiger partial charge in [-0.05, 0) is 70.4 Å². The number of aryl methyl sites for hydroxylation is 2. The number of aromatic nitrogens is 2. The van der Waals surface area contributed by atoms with Crippen LogP contribution in [0.1, 0.15) is 53.0 Å². The summed E-state index contributed by atoms with van der Waals surface area (Å²) < 4.78 is 3.59. The van der Waals surface area contributed by atoms with Crippen molar-refractivity contribution in [1.29, 1.82) is 0 Å². The molecule has 2 aromatic carbocycles. The number of fused-ring (bicyclic) bond motifs is 2. The van der Waals surface area contributed by atoms with Crippen molar-refractivity contribution in [2.24, 2.45) is 0 Å². The third-order valence-corrected chi connectivity index (χ3v) is 7.80. The van der Waals surface area contributed by atoms with E-state index in [1.165, 1.54) is 33.6 Å². The number of carbonyl (C=O) groups excluding carboxylic acids is 1. The van der Waals surface area contributed by atoms with Crippen molar-refractivity contribution in [3.05, 3.63) is 64.8 Å². The molecule has 31 heavy (non-hydrogen) atoms. The molecule has 1 saturated heterocycles. The van der Waals surface area contributed by atoms with Crippen molar-refractivity contribution in [1.82, 2.24) is 14.5 Å². The first-order chi connectivity index (χ1) is 15.1. The Morgan fingerprint density at radius 1 is 1.10 bits per heavy atom. The van der Waals surface area contributed by atoms with Crippen LogP contribution in [0.5, 0.6) is 0 Å². The molecule has 5 rings (SSSR count). The molecule has 160 valence electrons. The first-order valence-electron chi connectivity index (χ1n) is 11.3. The zero-order valence-electron chi connectivity index (χ0n) is 18.3. The minimum Gasteiger partial charge on any atom is -0.346 e. The average Bonchev–Trinajstić information content (AvgIpc) is 3.37. The van der Waals surface area contributed by atoms with Crippen LogP contribution < -0.4 is 0 Å². The summed E-state index contributed by atoms with van der Waals surface area (Å²) in [6.45, 7) is 8.14. The predicted octanol–water partition coefficient (Wildman–Crippen LogP) is 6.03. The molecule has 1 aliphatic rings. The van der Waals surface area contributed by atoms with E-state index >= 15 is 0 Å². The Hall–Kier alpha value is -2.50. The Kier molecular flexibility index (Phi) is 5.63. The number of nitrogens with zero attached hydrogens (tertiary/aromatic N) is 3. The molecule has 1 fully saturated rings. The summed E-state index contributed by atoms with van der Waals surface area (Å²) in [5.74, 6) is 0.745. The Balaban J connectivity index is 1.19. The van der Waals surface area contributed by atoms with E-state index in [1.807, 2.05) is 17.4 Å². The minimum absolute atomic E-state index is 0.145. The molecule has 5 heteroatoms. The fraction of sp³-hybridized carbons (Fsp3) is 0.385. The molecule has 3 heterocycles. The molecule has 0 unspecified atom stereocenters. The lowest BCUT2D eigenvalue weighted by Gasteiger charge is -2.31. The zero-order chi connectivity index (χ0) is 21.4. The number of para-hydroxylation sites is 2. The number of piperidine rings is 1. The van der Waals surface area contributed by atoms with Gasteiger partial charge in [-0.3, -0.25) is 4.79 Å². The molecule has 4 nitrogen and oxygen atoms in total. The van der Waals surface area contributed by atoms with Crippen LogP contribution >= 0.6 is 11.3 Å². The number of likely N-dealkylation sites (tertiary alicyclic amines) is 1. The molecule has 0 radical (unpaired) electrons. The summed E-state index contributed by atoms with van der Waals surface area (Å²) >= 11 is 1.87. The van der Waals surface area contributed by atoms with E-state index in [2.05, 4.69) is 59.0 Å². The Morgan fingerprint density at radius 2 is 1.90 bits per heavy atom. The fourth-order valence-corrected chi connectivity index (χ4v) is 6.07. The quantitative estimate of drug-likeness (QED) is 0.350. The Morgan fingerprint density at radius 3 is 2.68 bits per heavy atom. The van der Waals surface area contributed by atoms with Crippen molar-refractivity contribution in [3.63, 3.8) is 0 Å². The minimum atomic E-state index is 0.145. The number of Topliss-reactive ketones (excluding diaryl/α,β-unsaturated/α-hetero) is 1. The van der Waals surface area contributed by atoms with Crippen LogP contribution in [0, 0.1) is 6.92 Å². The van der Waals surface area contributed by atoms with Crippen LogP contribution in [0.3, 0.4) is 0 Å². The molecule has 2 aromatic heterocycles. The largest absolute Gasteiger partial charge is 0.346 e. The summed E-state index contributed by atoms with van der Waals surface area (Å²) in [6, 6.07) is 14.7. The first kappa shape index (κ1) is 20.4. The molecular weight excluding hydrogens is 402 g/mol. The highest BCUT2D eigenvalue weighted by atomic mass is 32.1. The number of benzene rings is 2. The molecule has 0 saturated carbocycles. The summed E-state index contributed by atoms with van der Waals surface area (Å²) in [7, 11) is 0. The van der Waals surface area contributed by atoms with E-state index < -0.39 is 0 Å². The zero-order valence-corrected chi connectivity index (χ0v) is 19.1. The van der Waals surface area contributed by atoms with Crippen LogP contribution in [0.15, 0.2) is 48.7 Å². The highest BCUT2D eigenvalue weighted by Gasteiger charge is 2.23. The number of rotatable bonds is 6. The number of hydrogen-bond acceptors (Lipinski definition) is 4. The van der Waals surface area contributed by atoms with Gasteiger partial charge in [0.1, 0.15) is 0 Å². The maximum atomic E-state index is 12.1. The third kappa shape index (κ3) is 4.04. The van der Waals surface area contributed by atoms with Gasteiger partial charge in [0.05, 0.1) is 20.7 Å². The van der Waals surface area contributed by atoms with Crippen molar-refractivity contribution in [3.8, 4) is 0 Å². The van der Waals surface area contributed by atoms with Gasteiger partial charge in [0.15, 0.2) is 5.78 Å². The van der Waals surface area contributed by atoms with E-state index in [-0.39, 0.29) is 5.78 Å². The predicted molar refractivity (Wildman–Crippen MR) is 129 cm³/mol. The second-order valence-electron chi connectivity index (χ2n) is 8.75. The number of carbonyl (C=O) groups is 1. The maximum absolute atomic E-state index is 12.1. The van der Waals surface area contributed by atoms with Crippen molar-refractivity contribution < 1.29 is 4.79 Å². The van der Waals surface area contributed by atoms with Crippen molar-refractivity contribution in [2.75, 3.05) is 19.6 Å². The Bertz CT molecular complexity index is 1200. The highest BCUT2D eigenvalue weighted by Crippen LogP contribution is 2.34. The summed E-state index contributed by atoms with van der Waals surface area (Å²) in [4.78, 5) is 19.6. The highest BCUT2D eigenvalue weighted by molar-refractivity contribution is 7.18. The van der Waals surface area contributed by atoms with Gasteiger partial charge in [0.25, 0.3) is 0 Å². The SMILES string of the molecule is CC(=O)c1cn(CCCN2CCC(c3nc4ccccc4s3)CC2)c2c(C)cccc12. The van der Waals surface area contributed by atoms with E-state index in [0.717, 1.165) is 49.1 Å². The van der Waals surface area contributed by atoms with E-state index in [0.29, 0.717) is 5.92 Å². The van der Waals surface area contributed by atoms with Gasteiger partial charge in [-0.25, -0.2) is 4.98 Å². The van der Waals surface area contributed by atoms with Gasteiger partial charge in [-0.15, -0.1) is 11.3 Å². The maximum Gasteiger partial charge on any atom is 0.161 e. The summed E-state index contributed by atoms with van der Waals surface area (Å²) in [5, 5.41) is 2.40. The molecule has 0 spiro atoms. The summed E-state index contributed by atoms with van der Waals surface area (Å²) in [6.07, 6.45) is 5.54. The third-order valence-electron chi connectivity index (χ3n) is 6.60. The molecule has 0 bridgehead atoms. The number of ketones is 1. The standard InChI is InChI=1S/C26H29N3OS/c1-18-7-5-8-21-22(19(2)30)17-29(25(18)21)14-6-13-28-15-11-20(12-16-28)26-27-23-9-3-4-10-24(23)31-26/h3-5,7-10,17,20H,6,11-16H2,1-2H3. The van der Waals surface area contributed by atoms with Crippen molar-refractivity contribution >= 4 is 38.2 Å². The van der Waals surface area contributed by atoms with Gasteiger partial charge < -0.3 is 9.47 Å². The number of thiazole rings is 1. The van der Waals surface area contributed by atoms with E-state index in [4.69, 9.17) is 4.98 Å². The Labute approximate surface area is 187 Å².